The zero-order valence-electron chi connectivity index (χ0n) is 10.3. The number of imidazole rings is 1. The van der Waals surface area contributed by atoms with Crippen molar-refractivity contribution in [2.75, 3.05) is 5.73 Å². The molecule has 0 atom stereocenters. The van der Waals surface area contributed by atoms with Gasteiger partial charge in [0.25, 0.3) is 0 Å². The van der Waals surface area contributed by atoms with Crippen LogP contribution in [0.25, 0.3) is 10.9 Å². The fourth-order valence-corrected chi connectivity index (χ4v) is 1.95. The van der Waals surface area contributed by atoms with Crippen molar-refractivity contribution in [2.45, 2.75) is 6.92 Å². The Labute approximate surface area is 108 Å². The Morgan fingerprint density at radius 2 is 2.32 bits per heavy atom. The van der Waals surface area contributed by atoms with Gasteiger partial charge in [0, 0.05) is 11.6 Å². The molecule has 3 N–H and O–H groups in total. The van der Waals surface area contributed by atoms with Gasteiger partial charge < -0.3 is 10.7 Å². The number of nitrogens with one attached hydrogen (secondary N) is 1. The van der Waals surface area contributed by atoms with Gasteiger partial charge in [-0.25, -0.2) is 14.1 Å². The zero-order valence-corrected chi connectivity index (χ0v) is 10.3. The van der Waals surface area contributed by atoms with Crippen LogP contribution < -0.4 is 5.73 Å². The number of aromatic amines is 1. The van der Waals surface area contributed by atoms with E-state index in [0.717, 1.165) is 11.1 Å². The number of nitrogens with zero attached hydrogens (tertiary/aromatic N) is 3. The first-order valence-corrected chi connectivity index (χ1v) is 5.76. The number of hydrogen-bond acceptors (Lipinski definition) is 3. The standard InChI is InChI=1S/C13H12FN5/c1-8-7-19(13(15)18-8)17-6-9-4-10-2-3-16-12(10)11(14)5-9/h2-7,16H,1H3,(H2,15,18). The number of rotatable bonds is 2. The van der Waals surface area contributed by atoms with Gasteiger partial charge in [-0.3, -0.25) is 0 Å². The van der Waals surface area contributed by atoms with E-state index in [1.807, 2.05) is 19.1 Å². The third kappa shape index (κ3) is 2.08. The van der Waals surface area contributed by atoms with Crippen LogP contribution in [0.3, 0.4) is 0 Å². The minimum atomic E-state index is -0.307. The van der Waals surface area contributed by atoms with Crippen LogP contribution in [0.2, 0.25) is 0 Å². The monoisotopic (exact) mass is 257 g/mol. The number of benzene rings is 1. The van der Waals surface area contributed by atoms with E-state index in [1.165, 1.54) is 10.7 Å². The third-order valence-electron chi connectivity index (χ3n) is 2.80. The van der Waals surface area contributed by atoms with Gasteiger partial charge in [0.2, 0.25) is 5.95 Å². The summed E-state index contributed by atoms with van der Waals surface area (Å²) in [6, 6.07) is 5.08. The Morgan fingerprint density at radius 1 is 1.47 bits per heavy atom. The second kappa shape index (κ2) is 4.24. The van der Waals surface area contributed by atoms with E-state index in [1.54, 1.807) is 18.6 Å². The Hall–Kier alpha value is -2.63. The number of halogens is 1. The highest BCUT2D eigenvalue weighted by Crippen LogP contribution is 2.17. The van der Waals surface area contributed by atoms with Gasteiger partial charge in [-0.1, -0.05) is 0 Å². The molecule has 0 spiro atoms. The van der Waals surface area contributed by atoms with E-state index < -0.39 is 0 Å². The zero-order chi connectivity index (χ0) is 13.4. The summed E-state index contributed by atoms with van der Waals surface area (Å²) in [6.07, 6.45) is 4.95. The lowest BCUT2D eigenvalue weighted by Crippen LogP contribution is -1.97. The first-order chi connectivity index (χ1) is 9.13. The maximum atomic E-state index is 13.8. The van der Waals surface area contributed by atoms with E-state index in [9.17, 15) is 4.39 Å². The average Bonchev–Trinajstić information content (AvgIpc) is 2.93. The molecule has 19 heavy (non-hydrogen) atoms. The van der Waals surface area contributed by atoms with Crippen LogP contribution in [0.4, 0.5) is 10.3 Å². The van der Waals surface area contributed by atoms with Crippen molar-refractivity contribution in [3.05, 3.63) is 47.7 Å². The summed E-state index contributed by atoms with van der Waals surface area (Å²) in [5, 5.41) is 4.96. The highest BCUT2D eigenvalue weighted by atomic mass is 19.1. The van der Waals surface area contributed by atoms with Crippen molar-refractivity contribution in [3.8, 4) is 0 Å². The van der Waals surface area contributed by atoms with Crippen LogP contribution in [0.15, 0.2) is 35.7 Å². The molecule has 0 saturated heterocycles. The molecule has 6 heteroatoms. The molecule has 2 aromatic heterocycles. The Morgan fingerprint density at radius 3 is 3.05 bits per heavy atom. The topological polar surface area (TPSA) is 72.0 Å². The van der Waals surface area contributed by atoms with E-state index >= 15 is 0 Å². The van der Waals surface area contributed by atoms with Gasteiger partial charge in [0.1, 0.15) is 5.82 Å². The highest BCUT2D eigenvalue weighted by molar-refractivity contribution is 5.89. The predicted molar refractivity (Wildman–Crippen MR) is 72.6 cm³/mol. The molecule has 0 aliphatic rings. The largest absolute Gasteiger partial charge is 0.368 e. The van der Waals surface area contributed by atoms with Crippen molar-refractivity contribution in [1.29, 1.82) is 0 Å². The summed E-state index contributed by atoms with van der Waals surface area (Å²) >= 11 is 0. The van der Waals surface area contributed by atoms with Crippen molar-refractivity contribution in [1.82, 2.24) is 14.6 Å². The third-order valence-corrected chi connectivity index (χ3v) is 2.80. The van der Waals surface area contributed by atoms with Gasteiger partial charge in [-0.05, 0) is 30.7 Å². The average molecular weight is 257 g/mol. The highest BCUT2D eigenvalue weighted by Gasteiger charge is 2.04. The number of aryl methyl sites for hydroxylation is 1. The van der Waals surface area contributed by atoms with Crippen molar-refractivity contribution < 1.29 is 4.39 Å². The van der Waals surface area contributed by atoms with Gasteiger partial charge in [0.05, 0.1) is 23.6 Å². The molecule has 3 rings (SSSR count). The number of H-pyrrole nitrogens is 1. The number of aromatic nitrogens is 3. The first kappa shape index (κ1) is 11.5. The maximum Gasteiger partial charge on any atom is 0.221 e. The molecule has 0 saturated carbocycles. The molecule has 3 aromatic rings. The summed E-state index contributed by atoms with van der Waals surface area (Å²) in [4.78, 5) is 6.88. The molecule has 96 valence electrons. The van der Waals surface area contributed by atoms with Crippen LogP contribution in [-0.4, -0.2) is 20.9 Å². The number of nitrogen functional groups attached to an aromatic ring is 1. The summed E-state index contributed by atoms with van der Waals surface area (Å²) in [6.45, 7) is 1.83. The summed E-state index contributed by atoms with van der Waals surface area (Å²) in [5.41, 5.74) is 7.61. The van der Waals surface area contributed by atoms with Crippen LogP contribution in [-0.2, 0) is 0 Å². The number of nitrogens with two attached hydrogens (primary N) is 1. The van der Waals surface area contributed by atoms with E-state index in [4.69, 9.17) is 5.73 Å². The fraction of sp³-hybridized carbons (Fsp3) is 0.0769. The van der Waals surface area contributed by atoms with E-state index in [2.05, 4.69) is 15.1 Å². The minimum absolute atomic E-state index is 0.303. The first-order valence-electron chi connectivity index (χ1n) is 5.76. The molecule has 1 aromatic carbocycles. The Bertz CT molecular complexity index is 769. The predicted octanol–water partition coefficient (Wildman–Crippen LogP) is 2.28. The smallest absolute Gasteiger partial charge is 0.221 e. The molecule has 0 radical (unpaired) electrons. The van der Waals surface area contributed by atoms with Crippen LogP contribution in [0, 0.1) is 12.7 Å². The molecule has 0 fully saturated rings. The van der Waals surface area contributed by atoms with Gasteiger partial charge >= 0.3 is 0 Å². The Kier molecular flexibility index (Phi) is 2.56. The fourth-order valence-electron chi connectivity index (χ4n) is 1.95. The number of hydrogen-bond donors (Lipinski definition) is 2. The number of fused-ring (bicyclic) bond motifs is 1. The molecular formula is C13H12FN5. The van der Waals surface area contributed by atoms with E-state index in [-0.39, 0.29) is 5.82 Å². The quantitative estimate of drug-likeness (QED) is 0.691. The second-order valence-electron chi connectivity index (χ2n) is 4.27. The lowest BCUT2D eigenvalue weighted by molar-refractivity contribution is 0.637. The lowest BCUT2D eigenvalue weighted by atomic mass is 10.1. The van der Waals surface area contributed by atoms with E-state index in [0.29, 0.717) is 17.0 Å². The van der Waals surface area contributed by atoms with Crippen molar-refractivity contribution >= 4 is 23.1 Å². The molecular weight excluding hydrogens is 245 g/mol. The molecule has 2 heterocycles. The molecule has 0 bridgehead atoms. The molecule has 5 nitrogen and oxygen atoms in total. The van der Waals surface area contributed by atoms with Crippen LogP contribution in [0.5, 0.6) is 0 Å². The summed E-state index contributed by atoms with van der Waals surface area (Å²) < 4.78 is 15.2. The summed E-state index contributed by atoms with van der Waals surface area (Å²) in [7, 11) is 0. The van der Waals surface area contributed by atoms with Gasteiger partial charge in [-0.2, -0.15) is 5.10 Å². The molecule has 0 aliphatic carbocycles. The van der Waals surface area contributed by atoms with Gasteiger partial charge in [-0.15, -0.1) is 0 Å². The molecule has 0 amide bonds. The summed E-state index contributed by atoms with van der Waals surface area (Å²) in [5.74, 6) is -0.00400. The SMILES string of the molecule is Cc1cn(N=Cc2cc(F)c3[nH]ccc3c2)c(N)n1. The normalized spacial score (nSPS) is 11.7. The van der Waals surface area contributed by atoms with Crippen molar-refractivity contribution in [2.24, 2.45) is 5.10 Å². The second-order valence-corrected chi connectivity index (χ2v) is 4.27. The van der Waals surface area contributed by atoms with Crippen LogP contribution in [0.1, 0.15) is 11.3 Å². The lowest BCUT2D eigenvalue weighted by Gasteiger charge is -1.98. The van der Waals surface area contributed by atoms with Crippen LogP contribution >= 0.6 is 0 Å². The minimum Gasteiger partial charge on any atom is -0.368 e. The van der Waals surface area contributed by atoms with Crippen molar-refractivity contribution in [3.63, 3.8) is 0 Å². The Balaban J connectivity index is 1.98. The van der Waals surface area contributed by atoms with Gasteiger partial charge in [0.15, 0.2) is 0 Å². The maximum absolute atomic E-state index is 13.8. The number of anilines is 1. The molecule has 0 unspecified atom stereocenters. The molecule has 0 aliphatic heterocycles.